The standard InChI is InChI=1S/C21H25ClN2O2/c22-19-5-3-18(4-6-19)21(8-9-21)20(25)23-12-16-2-1-10-24(13-16)14-17-7-11-26-15-17/h3-7,11,15-16H,1-2,8-10,12-14H2,(H,23,25)/t16-/m0/s1. The average molecular weight is 373 g/mol. The van der Waals surface area contributed by atoms with Gasteiger partial charge in [-0.1, -0.05) is 23.7 Å². The molecule has 0 bridgehead atoms. The van der Waals surface area contributed by atoms with Gasteiger partial charge in [-0.3, -0.25) is 9.69 Å². The number of furan rings is 1. The number of benzene rings is 1. The molecule has 2 aromatic rings. The minimum absolute atomic E-state index is 0.173. The normalized spacial score (nSPS) is 22.1. The molecule has 5 heteroatoms. The molecule has 1 aromatic carbocycles. The van der Waals surface area contributed by atoms with E-state index in [-0.39, 0.29) is 11.3 Å². The zero-order valence-electron chi connectivity index (χ0n) is 14.9. The van der Waals surface area contributed by atoms with Gasteiger partial charge in [-0.2, -0.15) is 0 Å². The molecule has 2 heterocycles. The van der Waals surface area contributed by atoms with Crippen LogP contribution >= 0.6 is 11.6 Å². The fraction of sp³-hybridized carbons (Fsp3) is 0.476. The molecular weight excluding hydrogens is 348 g/mol. The number of nitrogens with zero attached hydrogens (tertiary/aromatic N) is 1. The number of halogens is 1. The van der Waals surface area contributed by atoms with Gasteiger partial charge in [0.15, 0.2) is 0 Å². The first kappa shape index (κ1) is 17.6. The Morgan fingerprint density at radius 3 is 2.77 bits per heavy atom. The number of amides is 1. The highest BCUT2D eigenvalue weighted by atomic mass is 35.5. The van der Waals surface area contributed by atoms with Gasteiger partial charge in [-0.15, -0.1) is 0 Å². The Balaban J connectivity index is 1.30. The molecule has 1 aliphatic carbocycles. The number of carbonyl (C=O) groups is 1. The Morgan fingerprint density at radius 2 is 2.08 bits per heavy atom. The van der Waals surface area contributed by atoms with Crippen LogP contribution in [0, 0.1) is 5.92 Å². The third-order valence-corrected chi connectivity index (χ3v) is 5.97. The second kappa shape index (κ2) is 7.45. The number of piperidine rings is 1. The number of likely N-dealkylation sites (tertiary alicyclic amines) is 1. The molecule has 1 amide bonds. The van der Waals surface area contributed by atoms with Gasteiger partial charge in [0.2, 0.25) is 5.91 Å². The predicted octanol–water partition coefficient (Wildman–Crippen LogP) is 3.99. The van der Waals surface area contributed by atoms with Gasteiger partial charge in [0, 0.05) is 30.2 Å². The maximum Gasteiger partial charge on any atom is 0.230 e. The van der Waals surface area contributed by atoms with E-state index in [9.17, 15) is 4.79 Å². The van der Waals surface area contributed by atoms with Crippen molar-refractivity contribution in [1.29, 1.82) is 0 Å². The van der Waals surface area contributed by atoms with Crippen molar-refractivity contribution in [3.8, 4) is 0 Å². The van der Waals surface area contributed by atoms with Crippen LogP contribution in [0.3, 0.4) is 0 Å². The summed E-state index contributed by atoms with van der Waals surface area (Å²) in [6.45, 7) is 3.83. The molecular formula is C21H25ClN2O2. The van der Waals surface area contributed by atoms with Crippen molar-refractivity contribution in [2.24, 2.45) is 5.92 Å². The van der Waals surface area contributed by atoms with Crippen LogP contribution < -0.4 is 5.32 Å². The molecule has 1 aromatic heterocycles. The lowest BCUT2D eigenvalue weighted by Gasteiger charge is -2.32. The number of carbonyl (C=O) groups excluding carboxylic acids is 1. The zero-order valence-corrected chi connectivity index (χ0v) is 15.7. The number of rotatable bonds is 6. The molecule has 26 heavy (non-hydrogen) atoms. The van der Waals surface area contributed by atoms with Crippen LogP contribution in [-0.4, -0.2) is 30.4 Å². The first-order valence-corrected chi connectivity index (χ1v) is 9.81. The largest absolute Gasteiger partial charge is 0.472 e. The van der Waals surface area contributed by atoms with Crippen molar-refractivity contribution in [1.82, 2.24) is 10.2 Å². The summed E-state index contributed by atoms with van der Waals surface area (Å²) >= 11 is 5.98. The van der Waals surface area contributed by atoms with Crippen LogP contribution in [0.1, 0.15) is 36.8 Å². The number of nitrogens with one attached hydrogen (secondary N) is 1. The summed E-state index contributed by atoms with van der Waals surface area (Å²) in [4.78, 5) is 15.3. The van der Waals surface area contributed by atoms with Gasteiger partial charge in [0.05, 0.1) is 17.9 Å². The van der Waals surface area contributed by atoms with Crippen molar-refractivity contribution in [3.05, 3.63) is 59.0 Å². The molecule has 1 saturated heterocycles. The first-order chi connectivity index (χ1) is 12.7. The van der Waals surface area contributed by atoms with Gasteiger partial charge >= 0.3 is 0 Å². The van der Waals surface area contributed by atoms with Crippen LogP contribution in [0.5, 0.6) is 0 Å². The second-order valence-corrected chi connectivity index (χ2v) is 8.11. The zero-order chi connectivity index (χ0) is 18.0. The van der Waals surface area contributed by atoms with Gasteiger partial charge < -0.3 is 9.73 Å². The number of hydrogen-bond acceptors (Lipinski definition) is 3. The van der Waals surface area contributed by atoms with E-state index in [0.29, 0.717) is 10.9 Å². The Bertz CT molecular complexity index is 738. The van der Waals surface area contributed by atoms with Gasteiger partial charge in [0.1, 0.15) is 0 Å². The third kappa shape index (κ3) is 3.81. The molecule has 1 N–H and O–H groups in total. The van der Waals surface area contributed by atoms with E-state index in [2.05, 4.69) is 10.2 Å². The molecule has 1 atom stereocenters. The van der Waals surface area contributed by atoms with Crippen LogP contribution in [0.15, 0.2) is 47.3 Å². The van der Waals surface area contributed by atoms with E-state index >= 15 is 0 Å². The van der Waals surface area contributed by atoms with Crippen LogP contribution in [0.4, 0.5) is 0 Å². The second-order valence-electron chi connectivity index (χ2n) is 7.67. The highest BCUT2D eigenvalue weighted by Gasteiger charge is 2.51. The van der Waals surface area contributed by atoms with Gasteiger partial charge in [-0.05, 0) is 61.9 Å². The Hall–Kier alpha value is -1.78. The molecule has 2 aliphatic rings. The average Bonchev–Trinajstić information content (AvgIpc) is 3.31. The summed E-state index contributed by atoms with van der Waals surface area (Å²) < 4.78 is 5.16. The van der Waals surface area contributed by atoms with Crippen molar-refractivity contribution in [2.75, 3.05) is 19.6 Å². The van der Waals surface area contributed by atoms with Gasteiger partial charge in [0.25, 0.3) is 0 Å². The monoisotopic (exact) mass is 372 g/mol. The highest BCUT2D eigenvalue weighted by molar-refractivity contribution is 6.30. The predicted molar refractivity (Wildman–Crippen MR) is 102 cm³/mol. The Labute approximate surface area is 159 Å². The minimum atomic E-state index is -0.324. The summed E-state index contributed by atoms with van der Waals surface area (Å²) in [5.74, 6) is 0.687. The van der Waals surface area contributed by atoms with Crippen LogP contribution in [-0.2, 0) is 16.8 Å². The topological polar surface area (TPSA) is 45.5 Å². The molecule has 1 saturated carbocycles. The van der Waals surface area contributed by atoms with Crippen molar-refractivity contribution in [3.63, 3.8) is 0 Å². The van der Waals surface area contributed by atoms with E-state index in [1.807, 2.05) is 36.6 Å². The highest BCUT2D eigenvalue weighted by Crippen LogP contribution is 2.48. The Morgan fingerprint density at radius 1 is 1.27 bits per heavy atom. The first-order valence-electron chi connectivity index (χ1n) is 9.43. The summed E-state index contributed by atoms with van der Waals surface area (Å²) in [5.41, 5.74) is 1.98. The van der Waals surface area contributed by atoms with E-state index in [0.717, 1.165) is 44.6 Å². The molecule has 138 valence electrons. The lowest BCUT2D eigenvalue weighted by molar-refractivity contribution is -0.123. The quantitative estimate of drug-likeness (QED) is 0.833. The van der Waals surface area contributed by atoms with E-state index in [4.69, 9.17) is 16.0 Å². The minimum Gasteiger partial charge on any atom is -0.472 e. The maximum atomic E-state index is 12.8. The lowest BCUT2D eigenvalue weighted by Crippen LogP contribution is -2.43. The smallest absolute Gasteiger partial charge is 0.230 e. The third-order valence-electron chi connectivity index (χ3n) is 5.72. The SMILES string of the molecule is O=C(NC[C@@H]1CCCN(Cc2ccoc2)C1)C1(c2ccc(Cl)cc2)CC1. The van der Waals surface area contributed by atoms with Crippen LogP contribution in [0.2, 0.25) is 5.02 Å². The van der Waals surface area contributed by atoms with Crippen molar-refractivity contribution < 1.29 is 9.21 Å². The van der Waals surface area contributed by atoms with Crippen molar-refractivity contribution >= 4 is 17.5 Å². The summed E-state index contributed by atoms with van der Waals surface area (Å²) in [5, 5.41) is 3.94. The summed E-state index contributed by atoms with van der Waals surface area (Å²) in [7, 11) is 0. The lowest BCUT2D eigenvalue weighted by atomic mass is 9.93. The van der Waals surface area contributed by atoms with Gasteiger partial charge in [-0.25, -0.2) is 0 Å². The van der Waals surface area contributed by atoms with E-state index in [1.54, 1.807) is 6.26 Å². The van der Waals surface area contributed by atoms with Crippen molar-refractivity contribution in [2.45, 2.75) is 37.6 Å². The molecule has 2 fully saturated rings. The summed E-state index contributed by atoms with van der Waals surface area (Å²) in [6.07, 6.45) is 7.75. The fourth-order valence-corrected chi connectivity index (χ4v) is 4.18. The molecule has 4 rings (SSSR count). The fourth-order valence-electron chi connectivity index (χ4n) is 4.05. The molecule has 4 nitrogen and oxygen atoms in total. The molecule has 1 aliphatic heterocycles. The van der Waals surface area contributed by atoms with Crippen LogP contribution in [0.25, 0.3) is 0 Å². The molecule has 0 radical (unpaired) electrons. The molecule has 0 spiro atoms. The Kier molecular flexibility index (Phi) is 5.05. The number of hydrogen-bond donors (Lipinski definition) is 1. The van der Waals surface area contributed by atoms with E-state index < -0.39 is 0 Å². The maximum absolute atomic E-state index is 12.8. The summed E-state index contributed by atoms with van der Waals surface area (Å²) in [6, 6.07) is 9.75. The van der Waals surface area contributed by atoms with E-state index in [1.165, 1.54) is 18.4 Å². The molecule has 0 unspecified atom stereocenters.